The van der Waals surface area contributed by atoms with E-state index in [0.717, 1.165) is 16.8 Å². The maximum Gasteiger partial charge on any atom is 0.253 e. The average molecular weight is 382 g/mol. The van der Waals surface area contributed by atoms with E-state index in [-0.39, 0.29) is 17.8 Å². The van der Waals surface area contributed by atoms with Crippen molar-refractivity contribution in [2.24, 2.45) is 0 Å². The predicted molar refractivity (Wildman–Crippen MR) is 104 cm³/mol. The Bertz CT molecular complexity index is 1020. The quantitative estimate of drug-likeness (QED) is 0.483. The molecule has 0 unspecified atom stereocenters. The summed E-state index contributed by atoms with van der Waals surface area (Å²) in [7, 11) is 0. The Kier molecular flexibility index (Phi) is 5.35. The van der Waals surface area contributed by atoms with Gasteiger partial charge in [0.2, 0.25) is 11.9 Å². The van der Waals surface area contributed by atoms with E-state index in [0.29, 0.717) is 16.3 Å². The van der Waals surface area contributed by atoms with Crippen LogP contribution >= 0.6 is 11.6 Å². The van der Waals surface area contributed by atoms with E-state index in [1.165, 1.54) is 0 Å². The van der Waals surface area contributed by atoms with Gasteiger partial charge in [-0.25, -0.2) is 5.48 Å². The summed E-state index contributed by atoms with van der Waals surface area (Å²) >= 11 is 6.19. The maximum absolute atomic E-state index is 9.22. The molecule has 0 atom stereocenters. The Morgan fingerprint density at radius 3 is 2.19 bits per heavy atom. The number of aromatic nitrogens is 3. The first-order valence-electron chi connectivity index (χ1n) is 7.96. The summed E-state index contributed by atoms with van der Waals surface area (Å²) in [5.41, 5.74) is 5.76. The minimum absolute atomic E-state index is 0.0269. The number of benzene rings is 2. The summed E-state index contributed by atoms with van der Waals surface area (Å²) in [6, 6.07) is 12.6. The Morgan fingerprint density at radius 1 is 0.926 bits per heavy atom. The van der Waals surface area contributed by atoms with Crippen LogP contribution in [0.5, 0.6) is 0 Å². The van der Waals surface area contributed by atoms with E-state index < -0.39 is 0 Å². The molecule has 0 fully saturated rings. The number of hydrogen-bond donors (Lipinski definition) is 4. The Hall–Kier alpha value is -3.41. The molecule has 0 bridgehead atoms. The standard InChI is InChI=1S/C18H16ClN7O/c1-10-3-8-14(19)11(2)15(10)22-17-23-16(24-18(25-17)26-27)21-13-6-4-12(9-20)5-7-13/h3-8,27H,1-2H3,(H3,21,22,23,24,25,26). The topological polar surface area (TPSA) is 119 Å². The molecule has 3 aromatic rings. The van der Waals surface area contributed by atoms with Gasteiger partial charge in [-0.2, -0.15) is 20.2 Å². The molecule has 0 saturated carbocycles. The van der Waals surface area contributed by atoms with Crippen molar-refractivity contribution in [2.75, 3.05) is 16.1 Å². The van der Waals surface area contributed by atoms with E-state index in [4.69, 9.17) is 16.9 Å². The average Bonchev–Trinajstić information content (AvgIpc) is 2.68. The van der Waals surface area contributed by atoms with Crippen molar-refractivity contribution in [3.8, 4) is 6.07 Å². The zero-order valence-corrected chi connectivity index (χ0v) is 15.3. The molecule has 0 aliphatic rings. The molecule has 27 heavy (non-hydrogen) atoms. The van der Waals surface area contributed by atoms with E-state index in [9.17, 15) is 5.21 Å². The fourth-order valence-electron chi connectivity index (χ4n) is 2.42. The van der Waals surface area contributed by atoms with Crippen LogP contribution in [0.2, 0.25) is 5.02 Å². The molecule has 0 saturated heterocycles. The number of nitrogens with zero attached hydrogens (tertiary/aromatic N) is 4. The molecular formula is C18H16ClN7O. The first-order chi connectivity index (χ1) is 13.0. The summed E-state index contributed by atoms with van der Waals surface area (Å²) in [6.45, 7) is 3.83. The highest BCUT2D eigenvalue weighted by atomic mass is 35.5. The summed E-state index contributed by atoms with van der Waals surface area (Å²) < 4.78 is 0. The first-order valence-corrected chi connectivity index (χ1v) is 8.34. The number of nitrogens with one attached hydrogen (secondary N) is 3. The van der Waals surface area contributed by atoms with Gasteiger partial charge in [0.05, 0.1) is 11.6 Å². The molecule has 1 aromatic heterocycles. The number of hydrogen-bond acceptors (Lipinski definition) is 8. The van der Waals surface area contributed by atoms with Crippen molar-refractivity contribution in [3.05, 3.63) is 58.1 Å². The van der Waals surface area contributed by atoms with Crippen molar-refractivity contribution in [2.45, 2.75) is 13.8 Å². The lowest BCUT2D eigenvalue weighted by Crippen LogP contribution is -2.08. The van der Waals surface area contributed by atoms with Gasteiger partial charge in [0.15, 0.2) is 0 Å². The van der Waals surface area contributed by atoms with E-state index in [2.05, 4.69) is 31.7 Å². The van der Waals surface area contributed by atoms with Crippen molar-refractivity contribution in [1.29, 1.82) is 5.26 Å². The smallest absolute Gasteiger partial charge is 0.253 e. The molecule has 0 aliphatic carbocycles. The van der Waals surface area contributed by atoms with E-state index in [1.807, 2.05) is 31.5 Å². The van der Waals surface area contributed by atoms with E-state index in [1.54, 1.807) is 24.3 Å². The molecule has 0 spiro atoms. The highest BCUT2D eigenvalue weighted by molar-refractivity contribution is 6.31. The van der Waals surface area contributed by atoms with Gasteiger partial charge in [0, 0.05) is 16.4 Å². The van der Waals surface area contributed by atoms with Crippen LogP contribution in [0.4, 0.5) is 29.2 Å². The van der Waals surface area contributed by atoms with Crippen LogP contribution in [0.1, 0.15) is 16.7 Å². The minimum atomic E-state index is -0.0269. The second-order valence-electron chi connectivity index (χ2n) is 5.72. The SMILES string of the molecule is Cc1ccc(Cl)c(C)c1Nc1nc(NO)nc(Nc2ccc(C#N)cc2)n1. The highest BCUT2D eigenvalue weighted by Gasteiger charge is 2.11. The third-order valence-corrected chi connectivity index (χ3v) is 4.26. The van der Waals surface area contributed by atoms with Crippen LogP contribution in [-0.4, -0.2) is 20.2 Å². The number of halogens is 1. The van der Waals surface area contributed by atoms with Gasteiger partial charge in [-0.1, -0.05) is 17.7 Å². The fraction of sp³-hybridized carbons (Fsp3) is 0.111. The second kappa shape index (κ2) is 7.86. The molecular weight excluding hydrogens is 366 g/mol. The lowest BCUT2D eigenvalue weighted by Gasteiger charge is -2.14. The van der Waals surface area contributed by atoms with Crippen molar-refractivity contribution in [3.63, 3.8) is 0 Å². The Labute approximate surface area is 160 Å². The molecule has 3 rings (SSSR count). The lowest BCUT2D eigenvalue weighted by atomic mass is 10.1. The zero-order chi connectivity index (χ0) is 19.4. The molecule has 8 nitrogen and oxygen atoms in total. The van der Waals surface area contributed by atoms with Gasteiger partial charge in [-0.15, -0.1) is 0 Å². The fourth-order valence-corrected chi connectivity index (χ4v) is 2.58. The lowest BCUT2D eigenvalue weighted by molar-refractivity contribution is 0.382. The summed E-state index contributed by atoms with van der Waals surface area (Å²) in [5, 5.41) is 24.8. The number of aryl methyl sites for hydroxylation is 1. The normalized spacial score (nSPS) is 10.2. The molecule has 0 aliphatic heterocycles. The highest BCUT2D eigenvalue weighted by Crippen LogP contribution is 2.29. The second-order valence-corrected chi connectivity index (χ2v) is 6.13. The van der Waals surface area contributed by atoms with Gasteiger partial charge in [0.1, 0.15) is 0 Å². The molecule has 0 amide bonds. The Balaban J connectivity index is 1.92. The largest absolute Gasteiger partial charge is 0.324 e. The molecule has 2 aromatic carbocycles. The van der Waals surface area contributed by atoms with E-state index >= 15 is 0 Å². The van der Waals surface area contributed by atoms with Gasteiger partial charge in [-0.3, -0.25) is 5.21 Å². The molecule has 9 heteroatoms. The van der Waals surface area contributed by atoms with Crippen LogP contribution in [0.3, 0.4) is 0 Å². The molecule has 136 valence electrons. The zero-order valence-electron chi connectivity index (χ0n) is 14.6. The van der Waals surface area contributed by atoms with Gasteiger partial charge in [0.25, 0.3) is 5.95 Å². The number of anilines is 5. The van der Waals surface area contributed by atoms with Crippen LogP contribution < -0.4 is 16.1 Å². The predicted octanol–water partition coefficient (Wildman–Crippen LogP) is 4.30. The Morgan fingerprint density at radius 2 is 1.56 bits per heavy atom. The van der Waals surface area contributed by atoms with Crippen LogP contribution in [-0.2, 0) is 0 Å². The van der Waals surface area contributed by atoms with Gasteiger partial charge >= 0.3 is 0 Å². The van der Waals surface area contributed by atoms with Crippen molar-refractivity contribution >= 4 is 40.8 Å². The first kappa shape index (κ1) is 18.4. The van der Waals surface area contributed by atoms with Crippen LogP contribution in [0, 0.1) is 25.2 Å². The summed E-state index contributed by atoms with van der Waals surface area (Å²) in [5.74, 6) is 0.415. The summed E-state index contributed by atoms with van der Waals surface area (Å²) in [4.78, 5) is 12.5. The van der Waals surface area contributed by atoms with Crippen LogP contribution in [0.25, 0.3) is 0 Å². The molecule has 1 heterocycles. The van der Waals surface area contributed by atoms with Crippen molar-refractivity contribution in [1.82, 2.24) is 15.0 Å². The summed E-state index contributed by atoms with van der Waals surface area (Å²) in [6.07, 6.45) is 0. The molecule has 0 radical (unpaired) electrons. The number of nitriles is 1. The van der Waals surface area contributed by atoms with Gasteiger partial charge in [-0.05, 0) is 55.3 Å². The van der Waals surface area contributed by atoms with Crippen molar-refractivity contribution < 1.29 is 5.21 Å². The third kappa shape index (κ3) is 4.23. The van der Waals surface area contributed by atoms with Gasteiger partial charge < -0.3 is 10.6 Å². The molecule has 4 N–H and O–H groups in total. The maximum atomic E-state index is 9.22. The minimum Gasteiger partial charge on any atom is -0.324 e. The number of rotatable bonds is 5. The third-order valence-electron chi connectivity index (χ3n) is 3.85. The monoisotopic (exact) mass is 381 g/mol. The van der Waals surface area contributed by atoms with Crippen LogP contribution in [0.15, 0.2) is 36.4 Å².